The second kappa shape index (κ2) is 10.4. The maximum Gasteiger partial charge on any atom is 0.224 e. The number of benzene rings is 3. The van der Waals surface area contributed by atoms with Crippen molar-refractivity contribution in [3.05, 3.63) is 125 Å². The van der Waals surface area contributed by atoms with Crippen LogP contribution in [0, 0.1) is 0 Å². The molecule has 0 fully saturated rings. The Balaban J connectivity index is 1.28. The van der Waals surface area contributed by atoms with Gasteiger partial charge in [-0.1, -0.05) is 66.2 Å². The summed E-state index contributed by atoms with van der Waals surface area (Å²) in [5.74, 6) is -0.0599. The highest BCUT2D eigenvalue weighted by atomic mass is 35.5. The molecule has 6 nitrogen and oxygen atoms in total. The first kappa shape index (κ1) is 22.6. The van der Waals surface area contributed by atoms with Crippen LogP contribution in [0.3, 0.4) is 0 Å². The number of halogens is 1. The van der Waals surface area contributed by atoms with Crippen LogP contribution in [0.5, 0.6) is 0 Å². The molecular formula is C28H24ClN5O. The zero-order valence-electron chi connectivity index (χ0n) is 19.0. The van der Waals surface area contributed by atoms with Crippen LogP contribution in [-0.4, -0.2) is 25.2 Å². The summed E-state index contributed by atoms with van der Waals surface area (Å²) < 4.78 is 3.83. The number of amides is 1. The van der Waals surface area contributed by atoms with E-state index < -0.39 is 0 Å². The monoisotopic (exact) mass is 481 g/mol. The van der Waals surface area contributed by atoms with Crippen LogP contribution in [-0.2, 0) is 24.3 Å². The number of nitrogens with zero attached hydrogens (tertiary/aromatic N) is 4. The summed E-state index contributed by atoms with van der Waals surface area (Å²) in [5, 5.41) is 8.47. The molecule has 35 heavy (non-hydrogen) atoms. The molecule has 0 atom stereocenters. The smallest absolute Gasteiger partial charge is 0.224 e. The number of carbonyl (C=O) groups is 1. The highest BCUT2D eigenvalue weighted by Crippen LogP contribution is 2.25. The van der Waals surface area contributed by atoms with Gasteiger partial charge in [-0.3, -0.25) is 4.79 Å². The van der Waals surface area contributed by atoms with Crippen LogP contribution in [0.2, 0.25) is 5.02 Å². The van der Waals surface area contributed by atoms with E-state index in [-0.39, 0.29) is 12.3 Å². The molecule has 0 spiro atoms. The van der Waals surface area contributed by atoms with Crippen molar-refractivity contribution in [1.29, 1.82) is 0 Å². The molecule has 0 aliphatic heterocycles. The van der Waals surface area contributed by atoms with E-state index >= 15 is 0 Å². The van der Waals surface area contributed by atoms with E-state index in [4.69, 9.17) is 16.7 Å². The lowest BCUT2D eigenvalue weighted by molar-refractivity contribution is -0.120. The van der Waals surface area contributed by atoms with Crippen LogP contribution in [0.15, 0.2) is 104 Å². The first-order chi connectivity index (χ1) is 17.1. The van der Waals surface area contributed by atoms with Gasteiger partial charge in [0.25, 0.3) is 0 Å². The van der Waals surface area contributed by atoms with Gasteiger partial charge < -0.3 is 9.88 Å². The van der Waals surface area contributed by atoms with Gasteiger partial charge in [0, 0.05) is 47.8 Å². The quantitative estimate of drug-likeness (QED) is 0.327. The predicted molar refractivity (Wildman–Crippen MR) is 137 cm³/mol. The highest BCUT2D eigenvalue weighted by molar-refractivity contribution is 6.30. The van der Waals surface area contributed by atoms with Crippen LogP contribution < -0.4 is 5.32 Å². The van der Waals surface area contributed by atoms with Crippen molar-refractivity contribution in [3.8, 4) is 16.9 Å². The molecule has 2 heterocycles. The molecule has 174 valence electrons. The van der Waals surface area contributed by atoms with Crippen molar-refractivity contribution >= 4 is 17.5 Å². The number of aromatic nitrogens is 4. The van der Waals surface area contributed by atoms with Gasteiger partial charge in [0.1, 0.15) is 0 Å². The summed E-state index contributed by atoms with van der Waals surface area (Å²) in [6.07, 6.45) is 7.65. The van der Waals surface area contributed by atoms with E-state index in [0.29, 0.717) is 11.6 Å². The van der Waals surface area contributed by atoms with Gasteiger partial charge >= 0.3 is 0 Å². The minimum absolute atomic E-state index is 0.0599. The molecule has 1 amide bonds. The highest BCUT2D eigenvalue weighted by Gasteiger charge is 2.15. The van der Waals surface area contributed by atoms with Gasteiger partial charge in [0.2, 0.25) is 5.91 Å². The Morgan fingerprint density at radius 2 is 1.66 bits per heavy atom. The third kappa shape index (κ3) is 5.67. The molecule has 5 rings (SSSR count). The Bertz CT molecular complexity index is 1390. The second-order valence-electron chi connectivity index (χ2n) is 8.29. The molecule has 0 aliphatic carbocycles. The Morgan fingerprint density at radius 1 is 0.914 bits per heavy atom. The maximum atomic E-state index is 12.9. The third-order valence-electron chi connectivity index (χ3n) is 5.72. The first-order valence-electron chi connectivity index (χ1n) is 11.3. The van der Waals surface area contributed by atoms with E-state index in [1.807, 2.05) is 88.4 Å². The fourth-order valence-corrected chi connectivity index (χ4v) is 4.02. The predicted octanol–water partition coefficient (Wildman–Crippen LogP) is 5.30. The van der Waals surface area contributed by atoms with Gasteiger partial charge in [-0.2, -0.15) is 5.10 Å². The summed E-state index contributed by atoms with van der Waals surface area (Å²) in [5.41, 5.74) is 5.70. The molecule has 0 saturated heterocycles. The molecule has 2 aromatic heterocycles. The maximum absolute atomic E-state index is 12.9. The second-order valence-corrected chi connectivity index (χ2v) is 8.73. The number of imidazole rings is 1. The Kier molecular flexibility index (Phi) is 6.73. The zero-order valence-corrected chi connectivity index (χ0v) is 19.8. The number of para-hydroxylation sites is 1. The van der Waals surface area contributed by atoms with Crippen molar-refractivity contribution in [1.82, 2.24) is 24.6 Å². The number of nitrogens with one attached hydrogen (secondary N) is 1. The fraction of sp³-hybridized carbons (Fsp3) is 0.107. The zero-order chi connectivity index (χ0) is 24.0. The summed E-state index contributed by atoms with van der Waals surface area (Å²) in [6.45, 7) is 1.23. The molecule has 7 heteroatoms. The summed E-state index contributed by atoms with van der Waals surface area (Å²) in [6, 6.07) is 25.6. The van der Waals surface area contributed by atoms with Crippen LogP contribution in [0.1, 0.15) is 16.7 Å². The van der Waals surface area contributed by atoms with E-state index in [9.17, 15) is 4.79 Å². The molecule has 0 radical (unpaired) electrons. The van der Waals surface area contributed by atoms with Crippen molar-refractivity contribution in [2.45, 2.75) is 19.5 Å². The first-order valence-corrected chi connectivity index (χ1v) is 11.7. The lowest BCUT2D eigenvalue weighted by atomic mass is 10.1. The van der Waals surface area contributed by atoms with Gasteiger partial charge in [-0.05, 0) is 35.4 Å². The van der Waals surface area contributed by atoms with Crippen LogP contribution in [0.4, 0.5) is 0 Å². The molecule has 3 aromatic carbocycles. The normalized spacial score (nSPS) is 10.9. The molecule has 0 saturated carbocycles. The van der Waals surface area contributed by atoms with Crippen LogP contribution >= 0.6 is 11.6 Å². The number of hydrogen-bond acceptors (Lipinski definition) is 3. The Morgan fingerprint density at radius 3 is 2.37 bits per heavy atom. The topological polar surface area (TPSA) is 64.7 Å². The largest absolute Gasteiger partial charge is 0.352 e. The SMILES string of the molecule is O=C(Cc1cn(-c2ccccc2)nc1-c1ccc(Cl)cc1)NCc1ccc(Cn2ccnc2)cc1. The van der Waals surface area contributed by atoms with Crippen molar-refractivity contribution in [2.75, 3.05) is 0 Å². The lowest BCUT2D eigenvalue weighted by Gasteiger charge is -2.08. The average Bonchev–Trinajstić information content (AvgIpc) is 3.55. The Labute approximate surface area is 208 Å². The molecule has 1 N–H and O–H groups in total. The van der Waals surface area contributed by atoms with Gasteiger partial charge in [-0.25, -0.2) is 9.67 Å². The molecule has 0 bridgehead atoms. The Hall–Kier alpha value is -4.16. The number of rotatable bonds is 8. The van der Waals surface area contributed by atoms with Crippen LogP contribution in [0.25, 0.3) is 16.9 Å². The van der Waals surface area contributed by atoms with Crippen molar-refractivity contribution in [2.24, 2.45) is 0 Å². The standard InChI is InChI=1S/C28H24ClN5O/c29-25-12-10-23(11-13-25)28-24(19-34(32-28)26-4-2-1-3-5-26)16-27(35)31-17-21-6-8-22(9-7-21)18-33-15-14-30-20-33/h1-15,19-20H,16-18H2,(H,31,35). The van der Waals surface area contributed by atoms with E-state index in [1.165, 1.54) is 5.56 Å². The van der Waals surface area contributed by atoms with Crippen molar-refractivity contribution in [3.63, 3.8) is 0 Å². The molecule has 0 unspecified atom stereocenters. The third-order valence-corrected chi connectivity index (χ3v) is 5.97. The van der Waals surface area contributed by atoms with Crippen molar-refractivity contribution < 1.29 is 4.79 Å². The van der Waals surface area contributed by atoms with Gasteiger partial charge in [0.15, 0.2) is 0 Å². The summed E-state index contributed by atoms with van der Waals surface area (Å²) in [4.78, 5) is 16.9. The van der Waals surface area contributed by atoms with Gasteiger partial charge in [-0.15, -0.1) is 0 Å². The van der Waals surface area contributed by atoms with E-state index in [2.05, 4.69) is 22.4 Å². The molecular weight excluding hydrogens is 458 g/mol. The molecule has 5 aromatic rings. The minimum atomic E-state index is -0.0599. The number of carbonyl (C=O) groups excluding carboxylic acids is 1. The van der Waals surface area contributed by atoms with E-state index in [0.717, 1.165) is 34.6 Å². The van der Waals surface area contributed by atoms with E-state index in [1.54, 1.807) is 12.5 Å². The molecule has 0 aliphatic rings. The minimum Gasteiger partial charge on any atom is -0.352 e. The summed E-state index contributed by atoms with van der Waals surface area (Å²) >= 11 is 6.08. The fourth-order valence-electron chi connectivity index (χ4n) is 3.89. The number of hydrogen-bond donors (Lipinski definition) is 1. The summed E-state index contributed by atoms with van der Waals surface area (Å²) in [7, 11) is 0. The van der Waals surface area contributed by atoms with Gasteiger partial charge in [0.05, 0.1) is 24.1 Å². The lowest BCUT2D eigenvalue weighted by Crippen LogP contribution is -2.24. The average molecular weight is 482 g/mol.